The molecule has 3 N–H and O–H groups in total. The smallest absolute Gasteiger partial charge is 0.243 e. The minimum Gasteiger partial charge on any atom is -0.394 e. The highest BCUT2D eigenvalue weighted by atomic mass is 35.5. The van der Waals surface area contributed by atoms with E-state index in [4.69, 9.17) is 23.2 Å². The number of nitrogens with one attached hydrogen (secondary N) is 2. The SMILES string of the molecule is C[C@](CO)(NC(=O)[C@@H]1CCCC(=O)N1)c1cc(Cl)cc(Cl)c1. The van der Waals surface area contributed by atoms with Gasteiger partial charge in [0.25, 0.3) is 0 Å². The second kappa shape index (κ2) is 6.86. The topological polar surface area (TPSA) is 78.4 Å². The van der Waals surface area contributed by atoms with E-state index >= 15 is 0 Å². The van der Waals surface area contributed by atoms with Crippen LogP contribution in [0.5, 0.6) is 0 Å². The number of carbonyl (C=O) groups is 2. The van der Waals surface area contributed by atoms with Gasteiger partial charge in [-0.2, -0.15) is 0 Å². The van der Waals surface area contributed by atoms with Gasteiger partial charge in [0.1, 0.15) is 6.04 Å². The van der Waals surface area contributed by atoms with Gasteiger partial charge in [0, 0.05) is 16.5 Å². The first-order valence-electron chi connectivity index (χ1n) is 7.03. The third-order valence-corrected chi connectivity index (χ3v) is 4.20. The average Bonchev–Trinajstić information content (AvgIpc) is 2.46. The standard InChI is InChI=1S/C15H18Cl2N2O3/c1-15(8-20,9-5-10(16)7-11(17)6-9)19-14(22)12-3-2-4-13(21)18-12/h5-7,12,20H,2-4,8H2,1H3,(H,18,21)(H,19,22)/t12-,15+/m0/s1. The fraction of sp³-hybridized carbons (Fsp3) is 0.467. The summed E-state index contributed by atoms with van der Waals surface area (Å²) in [6, 6.07) is 4.28. The lowest BCUT2D eigenvalue weighted by atomic mass is 9.91. The van der Waals surface area contributed by atoms with E-state index in [0.29, 0.717) is 34.9 Å². The maximum absolute atomic E-state index is 12.4. The van der Waals surface area contributed by atoms with Crippen molar-refractivity contribution in [3.8, 4) is 0 Å². The summed E-state index contributed by atoms with van der Waals surface area (Å²) >= 11 is 12.0. The number of aliphatic hydroxyl groups is 1. The van der Waals surface area contributed by atoms with Crippen molar-refractivity contribution >= 4 is 35.0 Å². The van der Waals surface area contributed by atoms with Gasteiger partial charge in [0.05, 0.1) is 12.1 Å². The third-order valence-electron chi connectivity index (χ3n) is 3.76. The molecule has 5 nitrogen and oxygen atoms in total. The molecule has 1 heterocycles. The molecule has 1 saturated heterocycles. The molecule has 2 atom stereocenters. The van der Waals surface area contributed by atoms with Crippen LogP contribution in [0.1, 0.15) is 31.7 Å². The molecule has 0 spiro atoms. The predicted octanol–water partition coefficient (Wildman–Crippen LogP) is 1.99. The van der Waals surface area contributed by atoms with Crippen LogP contribution in [0.3, 0.4) is 0 Å². The summed E-state index contributed by atoms with van der Waals surface area (Å²) in [6.45, 7) is 1.35. The monoisotopic (exact) mass is 344 g/mol. The van der Waals surface area contributed by atoms with E-state index in [-0.39, 0.29) is 18.4 Å². The molecule has 2 rings (SSSR count). The van der Waals surface area contributed by atoms with Crippen molar-refractivity contribution in [3.63, 3.8) is 0 Å². The Morgan fingerprint density at radius 1 is 1.41 bits per heavy atom. The summed E-state index contributed by atoms with van der Waals surface area (Å²) in [5.74, 6) is -0.469. The van der Waals surface area contributed by atoms with Crippen molar-refractivity contribution in [3.05, 3.63) is 33.8 Å². The van der Waals surface area contributed by atoms with Gasteiger partial charge >= 0.3 is 0 Å². The molecule has 0 aliphatic carbocycles. The molecule has 1 aliphatic rings. The van der Waals surface area contributed by atoms with Crippen LogP contribution in [0, 0.1) is 0 Å². The Labute approximate surface area is 139 Å². The first-order valence-corrected chi connectivity index (χ1v) is 7.78. The van der Waals surface area contributed by atoms with Crippen molar-refractivity contribution in [1.29, 1.82) is 0 Å². The lowest BCUT2D eigenvalue weighted by Crippen LogP contribution is -2.55. The molecule has 22 heavy (non-hydrogen) atoms. The summed E-state index contributed by atoms with van der Waals surface area (Å²) in [6.07, 6.45) is 1.68. The maximum atomic E-state index is 12.4. The highest BCUT2D eigenvalue weighted by Gasteiger charge is 2.33. The molecule has 0 radical (unpaired) electrons. The van der Waals surface area contributed by atoms with E-state index in [2.05, 4.69) is 10.6 Å². The van der Waals surface area contributed by atoms with Crippen LogP contribution >= 0.6 is 23.2 Å². The van der Waals surface area contributed by atoms with Crippen LogP contribution in [0.15, 0.2) is 18.2 Å². The number of rotatable bonds is 4. The van der Waals surface area contributed by atoms with E-state index in [0.717, 1.165) is 0 Å². The molecule has 7 heteroatoms. The Hall–Kier alpha value is -1.30. The number of amides is 2. The van der Waals surface area contributed by atoms with E-state index < -0.39 is 11.6 Å². The summed E-state index contributed by atoms with van der Waals surface area (Å²) in [5.41, 5.74) is -0.434. The lowest BCUT2D eigenvalue weighted by Gasteiger charge is -2.32. The maximum Gasteiger partial charge on any atom is 0.243 e. The summed E-state index contributed by atoms with van der Waals surface area (Å²) in [4.78, 5) is 23.8. The predicted molar refractivity (Wildman–Crippen MR) is 84.8 cm³/mol. The van der Waals surface area contributed by atoms with Crippen molar-refractivity contribution in [2.45, 2.75) is 37.8 Å². The zero-order chi connectivity index (χ0) is 16.3. The minimum absolute atomic E-state index is 0.136. The fourth-order valence-electron chi connectivity index (χ4n) is 2.44. The van der Waals surface area contributed by atoms with Crippen LogP contribution < -0.4 is 10.6 Å². The van der Waals surface area contributed by atoms with Gasteiger partial charge in [0.15, 0.2) is 0 Å². The van der Waals surface area contributed by atoms with Crippen molar-refractivity contribution in [1.82, 2.24) is 10.6 Å². The first-order chi connectivity index (χ1) is 10.3. The lowest BCUT2D eigenvalue weighted by molar-refractivity contribution is -0.132. The molecule has 1 aliphatic heterocycles. The molecule has 1 fully saturated rings. The Morgan fingerprint density at radius 2 is 2.05 bits per heavy atom. The van der Waals surface area contributed by atoms with Gasteiger partial charge in [-0.25, -0.2) is 0 Å². The van der Waals surface area contributed by atoms with Gasteiger partial charge < -0.3 is 15.7 Å². The van der Waals surface area contributed by atoms with Crippen LogP contribution in [-0.4, -0.2) is 29.6 Å². The number of benzene rings is 1. The Morgan fingerprint density at radius 3 is 2.59 bits per heavy atom. The second-order valence-electron chi connectivity index (χ2n) is 5.65. The Kier molecular flexibility index (Phi) is 5.32. The Bertz CT molecular complexity index is 574. The normalized spacial score (nSPS) is 20.9. The van der Waals surface area contributed by atoms with Crippen LogP contribution in [0.2, 0.25) is 10.0 Å². The molecular formula is C15H18Cl2N2O3. The van der Waals surface area contributed by atoms with Crippen molar-refractivity contribution < 1.29 is 14.7 Å². The molecule has 120 valence electrons. The summed E-state index contributed by atoms with van der Waals surface area (Å²) in [5, 5.41) is 16.0. The molecular weight excluding hydrogens is 327 g/mol. The van der Waals surface area contributed by atoms with Crippen molar-refractivity contribution in [2.75, 3.05) is 6.61 Å². The highest BCUT2D eigenvalue weighted by Crippen LogP contribution is 2.27. The molecule has 0 bridgehead atoms. The molecule has 0 unspecified atom stereocenters. The van der Waals surface area contributed by atoms with Gasteiger partial charge in [-0.15, -0.1) is 0 Å². The number of carbonyl (C=O) groups excluding carboxylic acids is 2. The quantitative estimate of drug-likeness (QED) is 0.781. The average molecular weight is 345 g/mol. The van der Waals surface area contributed by atoms with E-state index in [9.17, 15) is 14.7 Å². The van der Waals surface area contributed by atoms with Crippen LogP contribution in [0.25, 0.3) is 0 Å². The van der Waals surface area contributed by atoms with Gasteiger partial charge in [0.2, 0.25) is 11.8 Å². The van der Waals surface area contributed by atoms with Gasteiger partial charge in [-0.3, -0.25) is 9.59 Å². The van der Waals surface area contributed by atoms with Crippen LogP contribution in [0.4, 0.5) is 0 Å². The fourth-order valence-corrected chi connectivity index (χ4v) is 2.96. The van der Waals surface area contributed by atoms with Gasteiger partial charge in [-0.05, 0) is 43.5 Å². The summed E-state index contributed by atoms with van der Waals surface area (Å²) < 4.78 is 0. The number of aliphatic hydroxyl groups excluding tert-OH is 1. The molecule has 0 saturated carbocycles. The summed E-state index contributed by atoms with van der Waals surface area (Å²) in [7, 11) is 0. The zero-order valence-corrected chi connectivity index (χ0v) is 13.7. The minimum atomic E-state index is -1.03. The molecule has 2 amide bonds. The van der Waals surface area contributed by atoms with E-state index in [1.165, 1.54) is 0 Å². The first kappa shape index (κ1) is 17.1. The number of hydrogen-bond donors (Lipinski definition) is 3. The molecule has 1 aromatic carbocycles. The molecule has 1 aromatic rings. The number of hydrogen-bond acceptors (Lipinski definition) is 3. The number of piperidine rings is 1. The highest BCUT2D eigenvalue weighted by molar-refractivity contribution is 6.34. The molecule has 0 aromatic heterocycles. The second-order valence-corrected chi connectivity index (χ2v) is 6.52. The van der Waals surface area contributed by atoms with Crippen LogP contribution in [-0.2, 0) is 15.1 Å². The largest absolute Gasteiger partial charge is 0.394 e. The van der Waals surface area contributed by atoms with E-state index in [1.807, 2.05) is 0 Å². The van der Waals surface area contributed by atoms with E-state index in [1.54, 1.807) is 25.1 Å². The third kappa shape index (κ3) is 3.91. The van der Waals surface area contributed by atoms with Crippen molar-refractivity contribution in [2.24, 2.45) is 0 Å². The Balaban J connectivity index is 2.19. The number of halogens is 2. The zero-order valence-electron chi connectivity index (χ0n) is 12.2. The van der Waals surface area contributed by atoms with Gasteiger partial charge in [-0.1, -0.05) is 23.2 Å².